The van der Waals surface area contributed by atoms with E-state index in [9.17, 15) is 8.42 Å². The third kappa shape index (κ3) is 3.02. The van der Waals surface area contributed by atoms with E-state index in [1.165, 1.54) is 13.4 Å². The van der Waals surface area contributed by atoms with Crippen LogP contribution in [0.2, 0.25) is 0 Å². The molecule has 0 amide bonds. The standard InChI is InChI=1S/C11H21N3O3S/c1-5-6-14-11(9(17-3)7-13-14)10(12)8(2)18(4,15)16/h7-8,10H,5-6,12H2,1-4H3. The molecule has 0 aliphatic heterocycles. The summed E-state index contributed by atoms with van der Waals surface area (Å²) in [6, 6.07) is -0.649. The minimum absolute atomic E-state index is 0.534. The molecular weight excluding hydrogens is 254 g/mol. The first-order valence-corrected chi connectivity index (χ1v) is 7.82. The van der Waals surface area contributed by atoms with Gasteiger partial charge in [-0.05, 0) is 13.3 Å². The number of hydrogen-bond acceptors (Lipinski definition) is 5. The maximum absolute atomic E-state index is 11.6. The fraction of sp³-hybridized carbons (Fsp3) is 0.727. The lowest BCUT2D eigenvalue weighted by Crippen LogP contribution is -2.32. The number of rotatable bonds is 6. The zero-order valence-electron chi connectivity index (χ0n) is 11.3. The molecule has 1 aromatic heterocycles. The molecule has 18 heavy (non-hydrogen) atoms. The van der Waals surface area contributed by atoms with E-state index in [4.69, 9.17) is 10.5 Å². The SMILES string of the molecule is CCCn1ncc(OC)c1C(N)C(C)S(C)(=O)=O. The topological polar surface area (TPSA) is 87.2 Å². The number of methoxy groups -OCH3 is 1. The zero-order valence-corrected chi connectivity index (χ0v) is 12.1. The summed E-state index contributed by atoms with van der Waals surface area (Å²) in [5.74, 6) is 0.534. The van der Waals surface area contributed by atoms with Gasteiger partial charge in [0.2, 0.25) is 0 Å². The first-order valence-electron chi connectivity index (χ1n) is 5.87. The van der Waals surface area contributed by atoms with Crippen molar-refractivity contribution in [2.24, 2.45) is 5.73 Å². The Labute approximate surface area is 108 Å². The summed E-state index contributed by atoms with van der Waals surface area (Å²) >= 11 is 0. The summed E-state index contributed by atoms with van der Waals surface area (Å²) in [4.78, 5) is 0. The highest BCUT2D eigenvalue weighted by Crippen LogP contribution is 2.28. The van der Waals surface area contributed by atoms with E-state index in [-0.39, 0.29) is 0 Å². The summed E-state index contributed by atoms with van der Waals surface area (Å²) in [5.41, 5.74) is 6.69. The fourth-order valence-corrected chi connectivity index (χ4v) is 2.41. The third-order valence-electron chi connectivity index (χ3n) is 3.00. The molecule has 6 nitrogen and oxygen atoms in total. The van der Waals surface area contributed by atoms with Crippen molar-refractivity contribution in [3.8, 4) is 5.75 Å². The minimum atomic E-state index is -3.21. The molecule has 2 atom stereocenters. The predicted molar refractivity (Wildman–Crippen MR) is 70.3 cm³/mol. The molecule has 0 fully saturated rings. The van der Waals surface area contributed by atoms with Crippen LogP contribution in [-0.4, -0.2) is 36.8 Å². The Morgan fingerprint density at radius 2 is 2.17 bits per heavy atom. The van der Waals surface area contributed by atoms with Gasteiger partial charge in [-0.3, -0.25) is 4.68 Å². The molecule has 0 bridgehead atoms. The molecule has 1 aromatic rings. The van der Waals surface area contributed by atoms with Gasteiger partial charge in [-0.1, -0.05) is 6.92 Å². The summed E-state index contributed by atoms with van der Waals surface area (Å²) in [5, 5.41) is 3.50. The van der Waals surface area contributed by atoms with Crippen molar-refractivity contribution >= 4 is 9.84 Å². The Morgan fingerprint density at radius 3 is 2.61 bits per heavy atom. The molecule has 0 saturated heterocycles. The monoisotopic (exact) mass is 275 g/mol. The maximum atomic E-state index is 11.6. The predicted octanol–water partition coefficient (Wildman–Crippen LogP) is 0.735. The second-order valence-electron chi connectivity index (χ2n) is 4.38. The molecule has 0 spiro atoms. The average molecular weight is 275 g/mol. The molecule has 2 unspecified atom stereocenters. The van der Waals surface area contributed by atoms with Gasteiger partial charge < -0.3 is 10.5 Å². The van der Waals surface area contributed by atoms with Gasteiger partial charge >= 0.3 is 0 Å². The molecule has 7 heteroatoms. The first-order chi connectivity index (χ1) is 8.32. The molecule has 0 aliphatic rings. The van der Waals surface area contributed by atoms with Gasteiger partial charge in [-0.25, -0.2) is 8.42 Å². The summed E-state index contributed by atoms with van der Waals surface area (Å²) in [6.45, 7) is 4.30. The van der Waals surface area contributed by atoms with Crippen molar-refractivity contribution < 1.29 is 13.2 Å². The van der Waals surface area contributed by atoms with E-state index in [0.29, 0.717) is 18.0 Å². The van der Waals surface area contributed by atoms with Crippen molar-refractivity contribution in [1.82, 2.24) is 9.78 Å². The lowest BCUT2D eigenvalue weighted by atomic mass is 10.1. The lowest BCUT2D eigenvalue weighted by molar-refractivity contribution is 0.399. The molecule has 0 saturated carbocycles. The molecule has 0 aliphatic carbocycles. The smallest absolute Gasteiger partial charge is 0.161 e. The normalized spacial score (nSPS) is 15.4. The van der Waals surface area contributed by atoms with Crippen LogP contribution in [0.1, 0.15) is 32.0 Å². The molecule has 2 N–H and O–H groups in total. The Hall–Kier alpha value is -1.08. The number of hydrogen-bond donors (Lipinski definition) is 1. The largest absolute Gasteiger partial charge is 0.493 e. The van der Waals surface area contributed by atoms with E-state index >= 15 is 0 Å². The highest BCUT2D eigenvalue weighted by Gasteiger charge is 2.29. The number of sulfone groups is 1. The molecule has 1 heterocycles. The van der Waals surface area contributed by atoms with Crippen LogP contribution in [0.15, 0.2) is 6.20 Å². The van der Waals surface area contributed by atoms with Gasteiger partial charge in [-0.2, -0.15) is 5.10 Å². The van der Waals surface area contributed by atoms with Crippen molar-refractivity contribution in [3.05, 3.63) is 11.9 Å². The van der Waals surface area contributed by atoms with Crippen LogP contribution in [0.5, 0.6) is 5.75 Å². The molecule has 0 aromatic carbocycles. The number of aryl methyl sites for hydroxylation is 1. The van der Waals surface area contributed by atoms with E-state index in [1.807, 2.05) is 6.92 Å². The molecule has 1 rings (SSSR count). The quantitative estimate of drug-likeness (QED) is 0.827. The van der Waals surface area contributed by atoms with Crippen LogP contribution in [-0.2, 0) is 16.4 Å². The van der Waals surface area contributed by atoms with Crippen molar-refractivity contribution in [2.75, 3.05) is 13.4 Å². The van der Waals surface area contributed by atoms with Gasteiger partial charge in [0.25, 0.3) is 0 Å². The maximum Gasteiger partial charge on any atom is 0.161 e. The second kappa shape index (κ2) is 5.71. The average Bonchev–Trinajstić information content (AvgIpc) is 2.69. The zero-order chi connectivity index (χ0) is 13.9. The second-order valence-corrected chi connectivity index (χ2v) is 6.78. The van der Waals surface area contributed by atoms with Crippen LogP contribution in [0, 0.1) is 0 Å². The minimum Gasteiger partial charge on any atom is -0.493 e. The van der Waals surface area contributed by atoms with E-state index < -0.39 is 21.1 Å². The van der Waals surface area contributed by atoms with Gasteiger partial charge in [0.1, 0.15) is 0 Å². The van der Waals surface area contributed by atoms with Crippen molar-refractivity contribution in [1.29, 1.82) is 0 Å². The van der Waals surface area contributed by atoms with Crippen LogP contribution < -0.4 is 10.5 Å². The summed E-state index contributed by atoms with van der Waals surface area (Å²) < 4.78 is 30.1. The van der Waals surface area contributed by atoms with Crippen LogP contribution >= 0.6 is 0 Å². The number of ether oxygens (including phenoxy) is 1. The molecule has 0 radical (unpaired) electrons. The van der Waals surface area contributed by atoms with E-state index in [2.05, 4.69) is 5.10 Å². The number of aromatic nitrogens is 2. The Balaban J connectivity index is 3.17. The van der Waals surface area contributed by atoms with Gasteiger partial charge in [-0.15, -0.1) is 0 Å². The van der Waals surface area contributed by atoms with Gasteiger partial charge in [0, 0.05) is 12.8 Å². The molecular formula is C11H21N3O3S. The Morgan fingerprint density at radius 1 is 1.56 bits per heavy atom. The Bertz CT molecular complexity index is 496. The number of nitrogens with two attached hydrogens (primary N) is 1. The number of nitrogens with zero attached hydrogens (tertiary/aromatic N) is 2. The van der Waals surface area contributed by atoms with Crippen molar-refractivity contribution in [2.45, 2.75) is 38.1 Å². The first kappa shape index (κ1) is 15.0. The molecule has 104 valence electrons. The van der Waals surface area contributed by atoms with Gasteiger partial charge in [0.15, 0.2) is 15.6 Å². The van der Waals surface area contributed by atoms with Crippen LogP contribution in [0.3, 0.4) is 0 Å². The Kier molecular flexibility index (Phi) is 4.75. The van der Waals surface area contributed by atoms with Crippen molar-refractivity contribution in [3.63, 3.8) is 0 Å². The summed E-state index contributed by atoms with van der Waals surface area (Å²) in [7, 11) is -1.68. The van der Waals surface area contributed by atoms with Crippen LogP contribution in [0.4, 0.5) is 0 Å². The van der Waals surface area contributed by atoms with Crippen LogP contribution in [0.25, 0.3) is 0 Å². The highest BCUT2D eigenvalue weighted by atomic mass is 32.2. The summed E-state index contributed by atoms with van der Waals surface area (Å²) in [6.07, 6.45) is 3.64. The fourth-order valence-electron chi connectivity index (χ4n) is 1.75. The third-order valence-corrected chi connectivity index (χ3v) is 4.64. The van der Waals surface area contributed by atoms with E-state index in [1.54, 1.807) is 17.8 Å². The van der Waals surface area contributed by atoms with Gasteiger partial charge in [0.05, 0.1) is 30.3 Å². The lowest BCUT2D eigenvalue weighted by Gasteiger charge is -2.20. The van der Waals surface area contributed by atoms with E-state index in [0.717, 1.165) is 6.42 Å². The highest BCUT2D eigenvalue weighted by molar-refractivity contribution is 7.91.